The van der Waals surface area contributed by atoms with Crippen LogP contribution in [0.3, 0.4) is 0 Å². The first-order chi connectivity index (χ1) is 10.7. The second kappa shape index (κ2) is 5.89. The summed E-state index contributed by atoms with van der Waals surface area (Å²) in [5.74, 6) is 1.31. The molecule has 0 bridgehead atoms. The van der Waals surface area contributed by atoms with Gasteiger partial charge in [0.15, 0.2) is 0 Å². The van der Waals surface area contributed by atoms with E-state index in [1.807, 2.05) is 30.5 Å². The van der Waals surface area contributed by atoms with Gasteiger partial charge in [-0.3, -0.25) is 5.10 Å². The lowest BCUT2D eigenvalue weighted by Crippen LogP contribution is -1.97. The van der Waals surface area contributed by atoms with Crippen molar-refractivity contribution in [3.63, 3.8) is 0 Å². The average Bonchev–Trinajstić information content (AvgIpc) is 3.01. The highest BCUT2D eigenvalue weighted by Gasteiger charge is 2.12. The van der Waals surface area contributed by atoms with E-state index in [4.69, 9.17) is 10.5 Å². The molecule has 0 spiro atoms. The highest BCUT2D eigenvalue weighted by molar-refractivity contribution is 5.64. The highest BCUT2D eigenvalue weighted by Crippen LogP contribution is 2.28. The number of ether oxygens (including phenoxy) is 1. The minimum atomic E-state index is 0.191. The molecule has 2 aromatic heterocycles. The summed E-state index contributed by atoms with van der Waals surface area (Å²) in [4.78, 5) is 4.25. The molecule has 2 heterocycles. The molecule has 112 valence electrons. The zero-order valence-electron chi connectivity index (χ0n) is 12.6. The van der Waals surface area contributed by atoms with E-state index in [1.54, 1.807) is 7.11 Å². The van der Waals surface area contributed by atoms with Crippen LogP contribution in [0.25, 0.3) is 11.1 Å². The van der Waals surface area contributed by atoms with Gasteiger partial charge in [-0.2, -0.15) is 5.10 Å². The largest absolute Gasteiger partial charge is 0.481 e. The number of rotatable bonds is 4. The number of hydrogen-bond acceptors (Lipinski definition) is 4. The van der Waals surface area contributed by atoms with Gasteiger partial charge in [0.1, 0.15) is 5.82 Å². The van der Waals surface area contributed by atoms with E-state index in [-0.39, 0.29) is 5.92 Å². The number of nitrogens with zero attached hydrogens (tertiary/aromatic N) is 2. The fourth-order valence-corrected chi connectivity index (χ4v) is 2.41. The van der Waals surface area contributed by atoms with Crippen molar-refractivity contribution in [2.45, 2.75) is 12.8 Å². The number of nitrogens with one attached hydrogen (secondary N) is 1. The van der Waals surface area contributed by atoms with Gasteiger partial charge >= 0.3 is 0 Å². The smallest absolute Gasteiger partial charge is 0.212 e. The Morgan fingerprint density at radius 2 is 2.00 bits per heavy atom. The highest BCUT2D eigenvalue weighted by atomic mass is 16.5. The van der Waals surface area contributed by atoms with Crippen molar-refractivity contribution >= 4 is 5.82 Å². The molecule has 0 aliphatic rings. The van der Waals surface area contributed by atoms with Crippen molar-refractivity contribution in [3.05, 3.63) is 59.9 Å². The van der Waals surface area contributed by atoms with Crippen LogP contribution >= 0.6 is 0 Å². The van der Waals surface area contributed by atoms with Gasteiger partial charge < -0.3 is 10.5 Å². The van der Waals surface area contributed by atoms with E-state index in [2.05, 4.69) is 40.3 Å². The van der Waals surface area contributed by atoms with Crippen LogP contribution in [0.2, 0.25) is 0 Å². The fourth-order valence-electron chi connectivity index (χ4n) is 2.41. The van der Waals surface area contributed by atoms with Gasteiger partial charge in [-0.25, -0.2) is 4.98 Å². The number of aromatic amines is 1. The summed E-state index contributed by atoms with van der Waals surface area (Å²) in [6.07, 6.45) is 1.82. The third-order valence-corrected chi connectivity index (χ3v) is 3.75. The molecule has 0 fully saturated rings. The van der Waals surface area contributed by atoms with Crippen LogP contribution < -0.4 is 10.5 Å². The molecule has 3 N–H and O–H groups in total. The van der Waals surface area contributed by atoms with Crippen LogP contribution in [-0.4, -0.2) is 22.3 Å². The van der Waals surface area contributed by atoms with Crippen LogP contribution in [0.1, 0.15) is 24.1 Å². The second-order valence-electron chi connectivity index (χ2n) is 5.18. The third-order valence-electron chi connectivity index (χ3n) is 3.75. The lowest BCUT2D eigenvalue weighted by Gasteiger charge is -2.11. The van der Waals surface area contributed by atoms with Crippen molar-refractivity contribution in [2.24, 2.45) is 0 Å². The van der Waals surface area contributed by atoms with Crippen molar-refractivity contribution < 1.29 is 4.74 Å². The monoisotopic (exact) mass is 294 g/mol. The van der Waals surface area contributed by atoms with Gasteiger partial charge in [0.25, 0.3) is 0 Å². The van der Waals surface area contributed by atoms with Gasteiger partial charge in [-0.15, -0.1) is 0 Å². The van der Waals surface area contributed by atoms with Crippen LogP contribution in [0.4, 0.5) is 5.82 Å². The molecule has 5 heteroatoms. The van der Waals surface area contributed by atoms with Gasteiger partial charge in [0.2, 0.25) is 5.88 Å². The maximum Gasteiger partial charge on any atom is 0.212 e. The first kappa shape index (κ1) is 14.1. The molecule has 0 amide bonds. The van der Waals surface area contributed by atoms with Crippen LogP contribution in [0.5, 0.6) is 5.88 Å². The fraction of sp³-hybridized carbons (Fsp3) is 0.176. The molecule has 0 saturated carbocycles. The summed E-state index contributed by atoms with van der Waals surface area (Å²) >= 11 is 0. The van der Waals surface area contributed by atoms with Gasteiger partial charge in [-0.05, 0) is 17.2 Å². The standard InChI is InChI=1S/C17H18N4O/c1-11(15-9-16(18)21-20-15)12-4-3-5-13(8-12)14-6-7-17(22-2)19-10-14/h3-11H,1-2H3,(H3,18,20,21). The minimum Gasteiger partial charge on any atom is -0.481 e. The van der Waals surface area contributed by atoms with Crippen LogP contribution in [0, 0.1) is 0 Å². The number of aromatic nitrogens is 3. The molecule has 1 aromatic carbocycles. The number of nitrogen functional groups attached to an aromatic ring is 1. The maximum atomic E-state index is 5.68. The number of anilines is 1. The van der Waals surface area contributed by atoms with E-state index in [1.165, 1.54) is 5.56 Å². The maximum absolute atomic E-state index is 5.68. The summed E-state index contributed by atoms with van der Waals surface area (Å²) in [5.41, 5.74) is 10.0. The minimum absolute atomic E-state index is 0.191. The molecule has 3 aromatic rings. The quantitative estimate of drug-likeness (QED) is 0.774. The Morgan fingerprint density at radius 3 is 2.64 bits per heavy atom. The Balaban J connectivity index is 1.91. The van der Waals surface area contributed by atoms with E-state index >= 15 is 0 Å². The molecule has 3 rings (SSSR count). The van der Waals surface area contributed by atoms with E-state index < -0.39 is 0 Å². The predicted octanol–water partition coefficient (Wildman–Crippen LogP) is 3.21. The number of methoxy groups -OCH3 is 1. The van der Waals surface area contributed by atoms with E-state index in [9.17, 15) is 0 Å². The van der Waals surface area contributed by atoms with Crippen molar-refractivity contribution in [1.29, 1.82) is 0 Å². The summed E-state index contributed by atoms with van der Waals surface area (Å²) in [7, 11) is 1.61. The van der Waals surface area contributed by atoms with E-state index in [0.717, 1.165) is 16.8 Å². The number of H-pyrrole nitrogens is 1. The summed E-state index contributed by atoms with van der Waals surface area (Å²) in [5, 5.41) is 6.97. The SMILES string of the molecule is COc1ccc(-c2cccc(C(C)c3cc(N)n[nH]3)c2)cn1. The molecule has 0 aliphatic heterocycles. The molecule has 0 saturated heterocycles. The van der Waals surface area contributed by atoms with Crippen LogP contribution in [-0.2, 0) is 0 Å². The lowest BCUT2D eigenvalue weighted by atomic mass is 9.94. The van der Waals surface area contributed by atoms with E-state index in [0.29, 0.717) is 11.7 Å². The van der Waals surface area contributed by atoms with Crippen molar-refractivity contribution in [2.75, 3.05) is 12.8 Å². The Morgan fingerprint density at radius 1 is 1.14 bits per heavy atom. The zero-order chi connectivity index (χ0) is 15.5. The molecule has 1 atom stereocenters. The van der Waals surface area contributed by atoms with Crippen molar-refractivity contribution in [1.82, 2.24) is 15.2 Å². The van der Waals surface area contributed by atoms with Crippen LogP contribution in [0.15, 0.2) is 48.7 Å². The van der Waals surface area contributed by atoms with Gasteiger partial charge in [-0.1, -0.05) is 31.2 Å². The Hall–Kier alpha value is -2.82. The zero-order valence-corrected chi connectivity index (χ0v) is 12.6. The first-order valence-corrected chi connectivity index (χ1v) is 7.08. The number of nitrogens with two attached hydrogens (primary N) is 1. The summed E-state index contributed by atoms with van der Waals surface area (Å²) in [6.45, 7) is 2.12. The molecular weight excluding hydrogens is 276 g/mol. The lowest BCUT2D eigenvalue weighted by molar-refractivity contribution is 0.398. The first-order valence-electron chi connectivity index (χ1n) is 7.08. The molecule has 5 nitrogen and oxygen atoms in total. The molecular formula is C17H18N4O. The Bertz CT molecular complexity index is 764. The number of hydrogen-bond donors (Lipinski definition) is 2. The summed E-state index contributed by atoms with van der Waals surface area (Å²) in [6, 6.07) is 14.1. The van der Waals surface area contributed by atoms with Gasteiger partial charge in [0, 0.05) is 35.5 Å². The molecule has 0 radical (unpaired) electrons. The number of benzene rings is 1. The second-order valence-corrected chi connectivity index (χ2v) is 5.18. The molecule has 1 unspecified atom stereocenters. The normalized spacial score (nSPS) is 12.1. The summed E-state index contributed by atoms with van der Waals surface area (Å²) < 4.78 is 5.09. The van der Waals surface area contributed by atoms with Gasteiger partial charge in [0.05, 0.1) is 7.11 Å². The average molecular weight is 294 g/mol. The van der Waals surface area contributed by atoms with Crippen molar-refractivity contribution in [3.8, 4) is 17.0 Å². The number of pyridine rings is 1. The molecule has 0 aliphatic carbocycles. The Kier molecular flexibility index (Phi) is 3.78. The topological polar surface area (TPSA) is 76.8 Å². The Labute approximate surface area is 129 Å². The predicted molar refractivity (Wildman–Crippen MR) is 86.7 cm³/mol. The third kappa shape index (κ3) is 2.79. The molecule has 22 heavy (non-hydrogen) atoms.